The fourth-order valence-corrected chi connectivity index (χ4v) is 2.19. The number of rotatable bonds is 0. The van der Waals surface area contributed by atoms with Crippen LogP contribution in [0.2, 0.25) is 0 Å². The predicted molar refractivity (Wildman–Crippen MR) is 40.3 cm³/mol. The molecule has 2 rings (SSSR count). The maximum atomic E-state index is 10.9. The first-order valence-corrected chi connectivity index (χ1v) is 4.95. The summed E-state index contributed by atoms with van der Waals surface area (Å²) in [6, 6.07) is 0. The van der Waals surface area contributed by atoms with Crippen molar-refractivity contribution >= 4 is 16.0 Å². The Labute approximate surface area is 65.3 Å². The molecule has 0 aromatic heterocycles. The molecule has 5 nitrogen and oxygen atoms in total. The zero-order valence-electron chi connectivity index (χ0n) is 5.95. The summed E-state index contributed by atoms with van der Waals surface area (Å²) in [6.45, 7) is 1.31. The van der Waals surface area contributed by atoms with Crippen LogP contribution in [0.5, 0.6) is 0 Å². The van der Waals surface area contributed by atoms with Crippen molar-refractivity contribution in [3.05, 3.63) is 0 Å². The van der Waals surface area contributed by atoms with E-state index < -0.39 is 10.2 Å². The van der Waals surface area contributed by atoms with Gasteiger partial charge in [-0.2, -0.15) is 13.1 Å². The summed E-state index contributed by atoms with van der Waals surface area (Å²) in [5, 5.41) is 0. The average molecular weight is 175 g/mol. The molecule has 62 valence electrons. The molecule has 0 aromatic rings. The number of amidine groups is 1. The normalized spacial score (nSPS) is 28.0. The Morgan fingerprint density at radius 3 is 3.18 bits per heavy atom. The Kier molecular flexibility index (Phi) is 1.40. The van der Waals surface area contributed by atoms with Crippen molar-refractivity contribution in [1.29, 1.82) is 0 Å². The molecule has 1 saturated heterocycles. The van der Waals surface area contributed by atoms with Crippen LogP contribution in [0.1, 0.15) is 12.8 Å². The summed E-state index contributed by atoms with van der Waals surface area (Å²) >= 11 is 0. The lowest BCUT2D eigenvalue weighted by Gasteiger charge is -2.22. The molecule has 0 aliphatic carbocycles. The minimum Gasteiger partial charge on any atom is -0.345 e. The van der Waals surface area contributed by atoms with Crippen molar-refractivity contribution in [3.8, 4) is 0 Å². The summed E-state index contributed by atoms with van der Waals surface area (Å²) in [5.74, 6) is 0.712. The second-order valence-corrected chi connectivity index (χ2v) is 4.07. The van der Waals surface area contributed by atoms with E-state index in [9.17, 15) is 8.42 Å². The van der Waals surface area contributed by atoms with E-state index in [1.165, 1.54) is 0 Å². The third-order valence-electron chi connectivity index (χ3n) is 1.86. The van der Waals surface area contributed by atoms with Gasteiger partial charge in [0.15, 0.2) is 0 Å². The molecule has 0 aromatic carbocycles. The van der Waals surface area contributed by atoms with Gasteiger partial charge in [0.05, 0.1) is 6.67 Å². The summed E-state index contributed by atoms with van der Waals surface area (Å²) in [6.07, 6.45) is 1.80. The van der Waals surface area contributed by atoms with Crippen molar-refractivity contribution < 1.29 is 8.42 Å². The number of nitrogens with zero attached hydrogens (tertiary/aromatic N) is 2. The van der Waals surface area contributed by atoms with Gasteiger partial charge >= 0.3 is 10.2 Å². The lowest BCUT2D eigenvalue weighted by atomic mass is 10.4. The summed E-state index contributed by atoms with van der Waals surface area (Å²) < 4.78 is 27.7. The molecular weight excluding hydrogens is 166 g/mol. The van der Waals surface area contributed by atoms with Crippen molar-refractivity contribution in [2.45, 2.75) is 12.8 Å². The lowest BCUT2D eigenvalue weighted by Crippen LogP contribution is -2.42. The van der Waals surface area contributed by atoms with Crippen LogP contribution in [0, 0.1) is 0 Å². The van der Waals surface area contributed by atoms with Crippen LogP contribution in [-0.2, 0) is 10.2 Å². The Morgan fingerprint density at radius 2 is 2.36 bits per heavy atom. The van der Waals surface area contributed by atoms with E-state index in [4.69, 9.17) is 0 Å². The van der Waals surface area contributed by atoms with Crippen molar-refractivity contribution in [2.75, 3.05) is 13.2 Å². The van der Waals surface area contributed by atoms with Crippen molar-refractivity contribution in [3.63, 3.8) is 0 Å². The van der Waals surface area contributed by atoms with Crippen molar-refractivity contribution in [1.82, 2.24) is 9.62 Å². The molecule has 1 N–H and O–H groups in total. The lowest BCUT2D eigenvalue weighted by molar-refractivity contribution is 0.432. The summed E-state index contributed by atoms with van der Waals surface area (Å²) in [5.41, 5.74) is 0. The Balaban J connectivity index is 2.37. The molecular formula is C5H9N3O2S. The fourth-order valence-electron chi connectivity index (χ4n) is 1.32. The largest absolute Gasteiger partial charge is 0.345 e. The van der Waals surface area contributed by atoms with Crippen LogP contribution >= 0.6 is 0 Å². The highest BCUT2D eigenvalue weighted by molar-refractivity contribution is 7.88. The average Bonchev–Trinajstić information content (AvgIpc) is 2.31. The van der Waals surface area contributed by atoms with Crippen molar-refractivity contribution in [2.24, 2.45) is 4.40 Å². The Morgan fingerprint density at radius 1 is 1.55 bits per heavy atom. The highest BCUT2D eigenvalue weighted by Gasteiger charge is 2.26. The number of hydrogen-bond donors (Lipinski definition) is 1. The minimum atomic E-state index is -3.34. The molecule has 0 atom stereocenters. The Hall–Kier alpha value is -0.620. The van der Waals surface area contributed by atoms with Gasteiger partial charge in [-0.25, -0.2) is 0 Å². The van der Waals surface area contributed by atoms with E-state index in [2.05, 4.69) is 9.12 Å². The first kappa shape index (κ1) is 7.05. The Bertz CT molecular complexity index is 295. The smallest absolute Gasteiger partial charge is 0.322 e. The number of nitrogens with one attached hydrogen (secondary N) is 1. The van der Waals surface area contributed by atoms with E-state index in [0.29, 0.717) is 12.5 Å². The number of hydrogen-bond acceptors (Lipinski definition) is 3. The molecule has 1 fully saturated rings. The van der Waals surface area contributed by atoms with Gasteiger partial charge in [-0.05, 0) is 6.42 Å². The fraction of sp³-hybridized carbons (Fsp3) is 0.800. The zero-order valence-corrected chi connectivity index (χ0v) is 6.76. The molecule has 0 radical (unpaired) electrons. The SMILES string of the molecule is O=S1(=O)N=C2CCCN2CN1. The molecule has 0 unspecified atom stereocenters. The molecule has 0 amide bonds. The minimum absolute atomic E-state index is 0.390. The second-order valence-electron chi connectivity index (χ2n) is 2.65. The molecule has 0 bridgehead atoms. The van der Waals surface area contributed by atoms with Gasteiger partial charge < -0.3 is 4.90 Å². The predicted octanol–water partition coefficient (Wildman–Crippen LogP) is -0.714. The number of fused-ring (bicyclic) bond motifs is 1. The van der Waals surface area contributed by atoms with Crippen LogP contribution in [-0.4, -0.2) is 32.4 Å². The van der Waals surface area contributed by atoms with E-state index >= 15 is 0 Å². The monoisotopic (exact) mass is 175 g/mol. The molecule has 2 heterocycles. The zero-order chi connectivity index (χ0) is 7.90. The van der Waals surface area contributed by atoms with Crippen LogP contribution in [0.3, 0.4) is 0 Å². The second kappa shape index (κ2) is 2.18. The first-order valence-electron chi connectivity index (χ1n) is 3.51. The van der Waals surface area contributed by atoms with Gasteiger partial charge in [-0.15, -0.1) is 4.40 Å². The van der Waals surface area contributed by atoms with Gasteiger partial charge in [-0.1, -0.05) is 0 Å². The molecule has 2 aliphatic heterocycles. The molecule has 11 heavy (non-hydrogen) atoms. The summed E-state index contributed by atoms with van der Waals surface area (Å²) in [7, 11) is -3.34. The van der Waals surface area contributed by atoms with Gasteiger partial charge in [0.1, 0.15) is 5.84 Å². The third kappa shape index (κ3) is 1.23. The first-order chi connectivity index (χ1) is 5.17. The van der Waals surface area contributed by atoms with Gasteiger partial charge in [0.25, 0.3) is 0 Å². The third-order valence-corrected chi connectivity index (χ3v) is 2.80. The summed E-state index contributed by atoms with van der Waals surface area (Å²) in [4.78, 5) is 1.95. The molecule has 0 saturated carbocycles. The van der Waals surface area contributed by atoms with Crippen LogP contribution in [0.4, 0.5) is 0 Å². The topological polar surface area (TPSA) is 61.8 Å². The van der Waals surface area contributed by atoms with Gasteiger partial charge in [0, 0.05) is 13.0 Å². The highest BCUT2D eigenvalue weighted by Crippen LogP contribution is 2.14. The maximum absolute atomic E-state index is 10.9. The highest BCUT2D eigenvalue weighted by atomic mass is 32.2. The van der Waals surface area contributed by atoms with Gasteiger partial charge in [0.2, 0.25) is 0 Å². The van der Waals surface area contributed by atoms with E-state index in [-0.39, 0.29) is 0 Å². The molecule has 0 spiro atoms. The van der Waals surface area contributed by atoms with Crippen LogP contribution < -0.4 is 4.72 Å². The quantitative estimate of drug-likeness (QED) is 0.529. The van der Waals surface area contributed by atoms with Gasteiger partial charge in [-0.3, -0.25) is 0 Å². The standard InChI is InChI=1S/C5H9N3O2S/c9-11(10)6-4-8-3-1-2-5(8)7-11/h6H,1-4H2. The van der Waals surface area contributed by atoms with E-state index in [1.54, 1.807) is 0 Å². The van der Waals surface area contributed by atoms with E-state index in [0.717, 1.165) is 19.4 Å². The molecule has 2 aliphatic rings. The molecule has 6 heteroatoms. The van der Waals surface area contributed by atoms with Crippen LogP contribution in [0.15, 0.2) is 4.40 Å². The van der Waals surface area contributed by atoms with Crippen LogP contribution in [0.25, 0.3) is 0 Å². The maximum Gasteiger partial charge on any atom is 0.322 e. The van der Waals surface area contributed by atoms with E-state index in [1.807, 2.05) is 4.90 Å².